The smallest absolute Gasteiger partial charge is 0.132 e. The zero-order chi connectivity index (χ0) is 14.2. The molecule has 1 aromatic heterocycles. The third-order valence-corrected chi connectivity index (χ3v) is 4.13. The van der Waals surface area contributed by atoms with Crippen LogP contribution >= 0.6 is 0 Å². The van der Waals surface area contributed by atoms with Crippen molar-refractivity contribution in [3.8, 4) is 0 Å². The Morgan fingerprint density at radius 3 is 2.80 bits per heavy atom. The lowest BCUT2D eigenvalue weighted by Gasteiger charge is -2.35. The van der Waals surface area contributed by atoms with Gasteiger partial charge in [-0.2, -0.15) is 0 Å². The second-order valence-electron chi connectivity index (χ2n) is 5.88. The van der Waals surface area contributed by atoms with Crippen LogP contribution in [0.25, 0.3) is 10.9 Å². The molecule has 0 aliphatic carbocycles. The van der Waals surface area contributed by atoms with Gasteiger partial charge in [0.25, 0.3) is 0 Å². The molecule has 3 rings (SSSR count). The van der Waals surface area contributed by atoms with Crippen LogP contribution in [0.15, 0.2) is 30.5 Å². The summed E-state index contributed by atoms with van der Waals surface area (Å²) in [6.45, 7) is 4.36. The zero-order valence-electron chi connectivity index (χ0n) is 11.6. The Bertz CT molecular complexity index is 617. The molecule has 0 saturated carbocycles. The largest absolute Gasteiger partial charge is 0.390 e. The molecule has 0 spiro atoms. The minimum atomic E-state index is -0.542. The fourth-order valence-electron chi connectivity index (χ4n) is 2.76. The van der Waals surface area contributed by atoms with Crippen LogP contribution in [0.2, 0.25) is 0 Å². The van der Waals surface area contributed by atoms with E-state index in [1.54, 1.807) is 18.3 Å². The van der Waals surface area contributed by atoms with Gasteiger partial charge in [0.05, 0.1) is 11.1 Å². The Labute approximate surface area is 118 Å². The molecule has 0 radical (unpaired) electrons. The Hall–Kier alpha value is -1.52. The van der Waals surface area contributed by atoms with E-state index in [-0.39, 0.29) is 5.82 Å². The molecule has 1 aromatic carbocycles. The molecule has 1 N–H and O–H groups in total. The number of hydrogen-bond donors (Lipinski definition) is 1. The molecule has 0 unspecified atom stereocenters. The number of nitrogens with zero attached hydrogens (tertiary/aromatic N) is 2. The topological polar surface area (TPSA) is 36.4 Å². The molecule has 20 heavy (non-hydrogen) atoms. The standard InChI is InChI=1S/C16H19FN2O/c1-16(20)6-9-19(10-7-16)11-12-4-5-14(17)13-3-2-8-18-15(12)13/h2-5,8,20H,6-7,9-11H2,1H3. The number of pyridine rings is 1. The van der Waals surface area contributed by atoms with E-state index >= 15 is 0 Å². The molecule has 106 valence electrons. The fraction of sp³-hybridized carbons (Fsp3) is 0.438. The highest BCUT2D eigenvalue weighted by Crippen LogP contribution is 2.25. The number of piperidine rings is 1. The minimum Gasteiger partial charge on any atom is -0.390 e. The van der Waals surface area contributed by atoms with Gasteiger partial charge in [-0.3, -0.25) is 9.88 Å². The summed E-state index contributed by atoms with van der Waals surface area (Å²) in [5.74, 6) is -0.224. The van der Waals surface area contributed by atoms with Crippen LogP contribution in [0.1, 0.15) is 25.3 Å². The van der Waals surface area contributed by atoms with Crippen molar-refractivity contribution < 1.29 is 9.50 Å². The van der Waals surface area contributed by atoms with Gasteiger partial charge in [-0.25, -0.2) is 4.39 Å². The van der Waals surface area contributed by atoms with Crippen LogP contribution in [0.4, 0.5) is 4.39 Å². The fourth-order valence-corrected chi connectivity index (χ4v) is 2.76. The van der Waals surface area contributed by atoms with Crippen molar-refractivity contribution in [1.82, 2.24) is 9.88 Å². The van der Waals surface area contributed by atoms with Crippen LogP contribution in [-0.4, -0.2) is 33.7 Å². The summed E-state index contributed by atoms with van der Waals surface area (Å²) >= 11 is 0. The number of likely N-dealkylation sites (tertiary alicyclic amines) is 1. The number of aromatic nitrogens is 1. The molecule has 0 bridgehead atoms. The number of hydrogen-bond acceptors (Lipinski definition) is 3. The van der Waals surface area contributed by atoms with Gasteiger partial charge < -0.3 is 5.11 Å². The first-order valence-electron chi connectivity index (χ1n) is 7.02. The molecule has 0 atom stereocenters. The van der Waals surface area contributed by atoms with E-state index in [1.165, 1.54) is 6.07 Å². The molecular weight excluding hydrogens is 255 g/mol. The van der Waals surface area contributed by atoms with E-state index in [0.29, 0.717) is 5.39 Å². The van der Waals surface area contributed by atoms with Crippen molar-refractivity contribution in [3.05, 3.63) is 41.8 Å². The maximum absolute atomic E-state index is 13.8. The van der Waals surface area contributed by atoms with Crippen molar-refractivity contribution >= 4 is 10.9 Å². The first-order chi connectivity index (χ1) is 9.55. The second kappa shape index (κ2) is 5.11. The SMILES string of the molecule is CC1(O)CCN(Cc2ccc(F)c3cccnc23)CC1. The normalized spacial score (nSPS) is 19.4. The lowest BCUT2D eigenvalue weighted by molar-refractivity contribution is -0.00721. The average Bonchev–Trinajstić information content (AvgIpc) is 2.44. The Balaban J connectivity index is 1.83. The van der Waals surface area contributed by atoms with Gasteiger partial charge in [-0.15, -0.1) is 0 Å². The summed E-state index contributed by atoms with van der Waals surface area (Å²) in [6, 6.07) is 6.85. The maximum atomic E-state index is 13.8. The molecule has 4 heteroatoms. The van der Waals surface area contributed by atoms with E-state index in [4.69, 9.17) is 0 Å². The highest BCUT2D eigenvalue weighted by Gasteiger charge is 2.27. The van der Waals surface area contributed by atoms with E-state index < -0.39 is 5.60 Å². The summed E-state index contributed by atoms with van der Waals surface area (Å²) < 4.78 is 13.8. The molecule has 0 amide bonds. The van der Waals surface area contributed by atoms with Crippen molar-refractivity contribution in [2.45, 2.75) is 31.9 Å². The summed E-state index contributed by atoms with van der Waals surface area (Å²) in [5, 5.41) is 10.6. The highest BCUT2D eigenvalue weighted by atomic mass is 19.1. The van der Waals surface area contributed by atoms with Crippen LogP contribution < -0.4 is 0 Å². The molecule has 1 aliphatic rings. The number of halogens is 1. The molecule has 3 nitrogen and oxygen atoms in total. The van der Waals surface area contributed by atoms with Crippen LogP contribution in [0.3, 0.4) is 0 Å². The Morgan fingerprint density at radius 2 is 2.05 bits per heavy atom. The predicted molar refractivity (Wildman–Crippen MR) is 76.8 cm³/mol. The number of rotatable bonds is 2. The van der Waals surface area contributed by atoms with E-state index in [9.17, 15) is 9.50 Å². The van der Waals surface area contributed by atoms with E-state index in [2.05, 4.69) is 9.88 Å². The summed E-state index contributed by atoms with van der Waals surface area (Å²) in [5.41, 5.74) is 1.24. The van der Waals surface area contributed by atoms with Crippen LogP contribution in [-0.2, 0) is 6.54 Å². The van der Waals surface area contributed by atoms with Gasteiger partial charge in [0, 0.05) is 31.2 Å². The quantitative estimate of drug-likeness (QED) is 0.914. The molecule has 2 aromatic rings. The first-order valence-corrected chi connectivity index (χ1v) is 7.02. The number of benzene rings is 1. The van der Waals surface area contributed by atoms with E-state index in [0.717, 1.165) is 43.6 Å². The first kappa shape index (κ1) is 13.5. The maximum Gasteiger partial charge on any atom is 0.132 e. The zero-order valence-corrected chi connectivity index (χ0v) is 11.6. The van der Waals surface area contributed by atoms with Crippen molar-refractivity contribution in [1.29, 1.82) is 0 Å². The second-order valence-corrected chi connectivity index (χ2v) is 5.88. The highest BCUT2D eigenvalue weighted by molar-refractivity contribution is 5.82. The van der Waals surface area contributed by atoms with Crippen LogP contribution in [0, 0.1) is 5.82 Å². The lowest BCUT2D eigenvalue weighted by atomic mass is 9.93. The molecule has 1 fully saturated rings. The van der Waals surface area contributed by atoms with Crippen LogP contribution in [0.5, 0.6) is 0 Å². The van der Waals surface area contributed by atoms with E-state index in [1.807, 2.05) is 13.0 Å². The third-order valence-electron chi connectivity index (χ3n) is 4.13. The summed E-state index contributed by atoms with van der Waals surface area (Å²) in [6.07, 6.45) is 3.26. The van der Waals surface area contributed by atoms with Gasteiger partial charge in [0.15, 0.2) is 0 Å². The molecular formula is C16H19FN2O. The number of aliphatic hydroxyl groups is 1. The molecule has 1 aliphatic heterocycles. The van der Waals surface area contributed by atoms with Crippen molar-refractivity contribution in [2.24, 2.45) is 0 Å². The average molecular weight is 274 g/mol. The number of fused-ring (bicyclic) bond motifs is 1. The molecule has 2 heterocycles. The Morgan fingerprint density at radius 1 is 1.30 bits per heavy atom. The third kappa shape index (κ3) is 2.67. The monoisotopic (exact) mass is 274 g/mol. The van der Waals surface area contributed by atoms with Gasteiger partial charge in [-0.1, -0.05) is 6.07 Å². The van der Waals surface area contributed by atoms with Crippen molar-refractivity contribution in [3.63, 3.8) is 0 Å². The summed E-state index contributed by atoms with van der Waals surface area (Å²) in [4.78, 5) is 6.61. The Kier molecular flexibility index (Phi) is 3.44. The lowest BCUT2D eigenvalue weighted by Crippen LogP contribution is -2.42. The predicted octanol–water partition coefficient (Wildman–Crippen LogP) is 2.72. The van der Waals surface area contributed by atoms with Gasteiger partial charge in [0.2, 0.25) is 0 Å². The van der Waals surface area contributed by atoms with Gasteiger partial charge in [-0.05, 0) is 43.5 Å². The van der Waals surface area contributed by atoms with Gasteiger partial charge in [0.1, 0.15) is 5.82 Å². The molecule has 1 saturated heterocycles. The van der Waals surface area contributed by atoms with Gasteiger partial charge >= 0.3 is 0 Å². The van der Waals surface area contributed by atoms with Crippen molar-refractivity contribution in [2.75, 3.05) is 13.1 Å². The summed E-state index contributed by atoms with van der Waals surface area (Å²) in [7, 11) is 0. The minimum absolute atomic E-state index is 0.224.